The van der Waals surface area contributed by atoms with Crippen molar-refractivity contribution in [2.45, 2.75) is 135 Å². The van der Waals surface area contributed by atoms with Crippen LogP contribution in [0, 0.1) is 0 Å². The Morgan fingerprint density at radius 1 is 0.679 bits per heavy atom. The van der Waals surface area contributed by atoms with E-state index in [-0.39, 0.29) is 0 Å². The van der Waals surface area contributed by atoms with Gasteiger partial charge in [0.15, 0.2) is 0 Å². The van der Waals surface area contributed by atoms with E-state index in [2.05, 4.69) is 11.7 Å². The van der Waals surface area contributed by atoms with Gasteiger partial charge in [0, 0.05) is 12.8 Å². The van der Waals surface area contributed by atoms with E-state index >= 15 is 0 Å². The number of carbonyl (C=O) groups is 2. The van der Waals surface area contributed by atoms with Crippen LogP contribution in [-0.2, 0) is 14.3 Å². The van der Waals surface area contributed by atoms with Gasteiger partial charge in [-0.05, 0) is 19.3 Å². The molecule has 0 aromatic rings. The third kappa shape index (κ3) is 18.5. The van der Waals surface area contributed by atoms with Gasteiger partial charge in [0.05, 0.1) is 7.11 Å². The van der Waals surface area contributed by atoms with Crippen molar-refractivity contribution in [2.24, 2.45) is 5.73 Å². The molecule has 0 heterocycles. The second kappa shape index (κ2) is 20.8. The number of unbranched alkanes of at least 4 members (excludes halogenated alkanes) is 14. The molecule has 4 heteroatoms. The number of methoxy groups -OCH3 is 1. The molecule has 28 heavy (non-hydrogen) atoms. The zero-order chi connectivity index (χ0) is 20.9. The molecule has 4 nitrogen and oxygen atoms in total. The molecule has 0 rings (SSSR count). The fraction of sp³-hybridized carbons (Fsp3) is 0.917. The lowest BCUT2D eigenvalue weighted by molar-refractivity contribution is -0.142. The highest BCUT2D eigenvalue weighted by Gasteiger charge is 2.13. The number of Topliss-reactive ketones (excluding diaryl/α,β-unsaturated/α-hetero) is 1. The summed E-state index contributed by atoms with van der Waals surface area (Å²) >= 11 is 0. The van der Waals surface area contributed by atoms with Crippen LogP contribution < -0.4 is 5.73 Å². The van der Waals surface area contributed by atoms with Crippen molar-refractivity contribution in [1.29, 1.82) is 0 Å². The molecule has 0 aromatic heterocycles. The maximum Gasteiger partial charge on any atom is 0.322 e. The minimum Gasteiger partial charge on any atom is -0.468 e. The number of ketones is 1. The highest BCUT2D eigenvalue weighted by atomic mass is 16.5. The third-order valence-electron chi connectivity index (χ3n) is 5.53. The summed E-state index contributed by atoms with van der Waals surface area (Å²) in [6.45, 7) is 2.27. The summed E-state index contributed by atoms with van der Waals surface area (Å²) in [5.74, 6) is -0.0957. The van der Waals surface area contributed by atoms with Gasteiger partial charge in [-0.2, -0.15) is 0 Å². The molecule has 0 saturated carbocycles. The van der Waals surface area contributed by atoms with E-state index in [1.165, 1.54) is 90.6 Å². The Labute approximate surface area is 174 Å². The standard InChI is InChI=1S/C24H47NO3/c1-3-4-5-6-7-8-9-10-11-12-13-14-15-16-17-19-22(26)20-18-21-23(25)24(27)28-2/h23H,3-21,25H2,1-2H3. The molecule has 0 aliphatic carbocycles. The highest BCUT2D eigenvalue weighted by molar-refractivity contribution is 5.78. The molecule has 0 spiro atoms. The Bertz CT molecular complexity index is 371. The van der Waals surface area contributed by atoms with Gasteiger partial charge in [-0.1, -0.05) is 96.8 Å². The van der Waals surface area contributed by atoms with Gasteiger partial charge >= 0.3 is 5.97 Å². The molecule has 0 amide bonds. The smallest absolute Gasteiger partial charge is 0.322 e. The van der Waals surface area contributed by atoms with Crippen molar-refractivity contribution in [1.82, 2.24) is 0 Å². The summed E-state index contributed by atoms with van der Waals surface area (Å²) in [6.07, 6.45) is 22.5. The molecule has 0 bridgehead atoms. The average Bonchev–Trinajstić information content (AvgIpc) is 2.70. The van der Waals surface area contributed by atoms with Crippen LogP contribution in [0.1, 0.15) is 129 Å². The van der Waals surface area contributed by atoms with E-state index < -0.39 is 12.0 Å². The lowest BCUT2D eigenvalue weighted by atomic mass is 10.0. The number of ether oxygens (including phenoxy) is 1. The first-order valence-corrected chi connectivity index (χ1v) is 12.0. The summed E-state index contributed by atoms with van der Waals surface area (Å²) in [4.78, 5) is 23.0. The molecule has 2 N–H and O–H groups in total. The topological polar surface area (TPSA) is 69.4 Å². The first kappa shape index (κ1) is 27.1. The van der Waals surface area contributed by atoms with Crippen LogP contribution in [0.15, 0.2) is 0 Å². The summed E-state index contributed by atoms with van der Waals surface area (Å²) in [5.41, 5.74) is 5.66. The number of rotatable bonds is 21. The van der Waals surface area contributed by atoms with Gasteiger partial charge in [0.1, 0.15) is 11.8 Å². The first-order chi connectivity index (χ1) is 13.6. The zero-order valence-electron chi connectivity index (χ0n) is 18.8. The monoisotopic (exact) mass is 397 g/mol. The van der Waals surface area contributed by atoms with E-state index in [4.69, 9.17) is 5.73 Å². The molecule has 0 radical (unpaired) electrons. The van der Waals surface area contributed by atoms with E-state index in [0.717, 1.165) is 12.8 Å². The first-order valence-electron chi connectivity index (χ1n) is 12.0. The van der Waals surface area contributed by atoms with Crippen LogP contribution in [-0.4, -0.2) is 24.9 Å². The highest BCUT2D eigenvalue weighted by Crippen LogP contribution is 2.14. The third-order valence-corrected chi connectivity index (χ3v) is 5.53. The number of nitrogens with two attached hydrogens (primary N) is 1. The minimum atomic E-state index is -0.594. The lowest BCUT2D eigenvalue weighted by Gasteiger charge is -2.08. The second-order valence-corrected chi connectivity index (χ2v) is 8.26. The molecular weight excluding hydrogens is 350 g/mol. The van der Waals surface area contributed by atoms with Crippen LogP contribution in [0.2, 0.25) is 0 Å². The van der Waals surface area contributed by atoms with Gasteiger partial charge < -0.3 is 10.5 Å². The van der Waals surface area contributed by atoms with Crippen LogP contribution in [0.5, 0.6) is 0 Å². The zero-order valence-corrected chi connectivity index (χ0v) is 18.8. The van der Waals surface area contributed by atoms with Crippen LogP contribution in [0.3, 0.4) is 0 Å². The van der Waals surface area contributed by atoms with Crippen LogP contribution in [0.4, 0.5) is 0 Å². The molecule has 1 atom stereocenters. The average molecular weight is 398 g/mol. The Balaban J connectivity index is 3.24. The molecular formula is C24H47NO3. The number of carbonyl (C=O) groups excluding carboxylic acids is 2. The summed E-state index contributed by atoms with van der Waals surface area (Å²) in [6, 6.07) is -0.594. The van der Waals surface area contributed by atoms with E-state index in [0.29, 0.717) is 31.5 Å². The predicted octanol–water partition coefficient (Wildman–Crippen LogP) is 6.49. The molecule has 0 fully saturated rings. The Kier molecular flexibility index (Phi) is 20.2. The van der Waals surface area contributed by atoms with Gasteiger partial charge in [0.2, 0.25) is 0 Å². The van der Waals surface area contributed by atoms with Crippen LogP contribution in [0.25, 0.3) is 0 Å². The number of hydrogen-bond acceptors (Lipinski definition) is 4. The lowest BCUT2D eigenvalue weighted by Crippen LogP contribution is -2.31. The van der Waals surface area contributed by atoms with Gasteiger partial charge in [-0.15, -0.1) is 0 Å². The van der Waals surface area contributed by atoms with E-state index in [9.17, 15) is 9.59 Å². The summed E-state index contributed by atoms with van der Waals surface area (Å²) in [7, 11) is 1.34. The van der Waals surface area contributed by atoms with E-state index in [1.54, 1.807) is 0 Å². The van der Waals surface area contributed by atoms with Crippen LogP contribution >= 0.6 is 0 Å². The molecule has 0 saturated heterocycles. The number of hydrogen-bond donors (Lipinski definition) is 1. The Morgan fingerprint density at radius 2 is 1.07 bits per heavy atom. The fourth-order valence-corrected chi connectivity index (χ4v) is 3.61. The van der Waals surface area contributed by atoms with Crippen molar-refractivity contribution >= 4 is 11.8 Å². The molecule has 166 valence electrons. The Morgan fingerprint density at radius 3 is 1.50 bits per heavy atom. The van der Waals surface area contributed by atoms with Crippen molar-refractivity contribution < 1.29 is 14.3 Å². The normalized spacial score (nSPS) is 12.1. The number of esters is 1. The minimum absolute atomic E-state index is 0.298. The summed E-state index contributed by atoms with van der Waals surface area (Å²) in [5, 5.41) is 0. The van der Waals surface area contributed by atoms with Crippen molar-refractivity contribution in [3.05, 3.63) is 0 Å². The SMILES string of the molecule is CCCCCCCCCCCCCCCCCC(=O)CCCC(N)C(=O)OC. The maximum atomic E-state index is 11.8. The molecule has 0 aliphatic heterocycles. The van der Waals surface area contributed by atoms with Crippen molar-refractivity contribution in [3.8, 4) is 0 Å². The quantitative estimate of drug-likeness (QED) is 0.177. The molecule has 0 aliphatic rings. The molecule has 0 aromatic carbocycles. The summed E-state index contributed by atoms with van der Waals surface area (Å²) < 4.78 is 4.58. The largest absolute Gasteiger partial charge is 0.468 e. The predicted molar refractivity (Wildman–Crippen MR) is 118 cm³/mol. The van der Waals surface area contributed by atoms with Crippen molar-refractivity contribution in [3.63, 3.8) is 0 Å². The fourth-order valence-electron chi connectivity index (χ4n) is 3.61. The van der Waals surface area contributed by atoms with Gasteiger partial charge in [-0.3, -0.25) is 9.59 Å². The van der Waals surface area contributed by atoms with Crippen molar-refractivity contribution in [2.75, 3.05) is 7.11 Å². The Hall–Kier alpha value is -0.900. The second-order valence-electron chi connectivity index (χ2n) is 8.26. The molecule has 1 unspecified atom stereocenters. The maximum absolute atomic E-state index is 11.8. The van der Waals surface area contributed by atoms with Gasteiger partial charge in [0.25, 0.3) is 0 Å². The van der Waals surface area contributed by atoms with Gasteiger partial charge in [-0.25, -0.2) is 0 Å². The van der Waals surface area contributed by atoms with E-state index in [1.807, 2.05) is 0 Å².